The van der Waals surface area contributed by atoms with E-state index in [0.29, 0.717) is 17.3 Å². The number of carbonyl (C=O) groups is 1. The summed E-state index contributed by atoms with van der Waals surface area (Å²) in [6.07, 6.45) is 1.05. The molecule has 2 aliphatic rings. The first kappa shape index (κ1) is 16.6. The molecule has 2 N–H and O–H groups in total. The zero-order chi connectivity index (χ0) is 17.8. The molecular weight excluding hydrogens is 340 g/mol. The molecule has 6 heteroatoms. The molecule has 1 spiro atoms. The lowest BCUT2D eigenvalue weighted by Crippen LogP contribution is -2.31. The fourth-order valence-corrected chi connectivity index (χ4v) is 4.87. The lowest BCUT2D eigenvalue weighted by molar-refractivity contribution is 0.0755. The van der Waals surface area contributed by atoms with Crippen molar-refractivity contribution in [3.05, 3.63) is 58.9 Å². The van der Waals surface area contributed by atoms with Crippen LogP contribution in [0.3, 0.4) is 0 Å². The number of aliphatic hydroxyl groups is 2. The maximum Gasteiger partial charge on any atom is 0.270 e. The van der Waals surface area contributed by atoms with Gasteiger partial charge in [0.25, 0.3) is 5.91 Å². The van der Waals surface area contributed by atoms with E-state index >= 15 is 0 Å². The molecule has 1 saturated heterocycles. The summed E-state index contributed by atoms with van der Waals surface area (Å²) >= 11 is 5.99. The average Bonchev–Trinajstić information content (AvgIpc) is 2.95. The first-order valence-corrected chi connectivity index (χ1v) is 8.82. The number of aryl methyl sites for hydroxylation is 1. The Morgan fingerprint density at radius 2 is 2.08 bits per heavy atom. The second-order valence-corrected chi connectivity index (χ2v) is 7.58. The molecule has 1 aromatic carbocycles. The minimum Gasteiger partial charge on any atom is -0.396 e. The van der Waals surface area contributed by atoms with Crippen molar-refractivity contribution in [3.8, 4) is 0 Å². The Balaban J connectivity index is 1.61. The summed E-state index contributed by atoms with van der Waals surface area (Å²) < 4.78 is 1.70. The zero-order valence-electron chi connectivity index (χ0n) is 14.0. The maximum absolute atomic E-state index is 12.9. The lowest BCUT2D eigenvalue weighted by atomic mass is 9.95. The van der Waals surface area contributed by atoms with Gasteiger partial charge in [0.2, 0.25) is 0 Å². The van der Waals surface area contributed by atoms with E-state index in [1.807, 2.05) is 30.3 Å². The van der Waals surface area contributed by atoms with Crippen LogP contribution in [-0.4, -0.2) is 51.4 Å². The molecular formula is C19H21ClN2O3. The van der Waals surface area contributed by atoms with Gasteiger partial charge in [-0.25, -0.2) is 0 Å². The highest BCUT2D eigenvalue weighted by Crippen LogP contribution is 2.68. The number of rotatable bonds is 3. The van der Waals surface area contributed by atoms with Crippen molar-refractivity contribution in [2.24, 2.45) is 18.4 Å². The van der Waals surface area contributed by atoms with Crippen LogP contribution in [-0.2, 0) is 7.05 Å². The number of halogens is 1. The van der Waals surface area contributed by atoms with E-state index in [1.54, 1.807) is 28.8 Å². The largest absolute Gasteiger partial charge is 0.396 e. The molecule has 0 radical (unpaired) electrons. The summed E-state index contributed by atoms with van der Waals surface area (Å²) in [5.41, 5.74) is 1.16. The van der Waals surface area contributed by atoms with Gasteiger partial charge < -0.3 is 19.7 Å². The lowest BCUT2D eigenvalue weighted by Gasteiger charge is -2.17. The number of hydrogen-bond donors (Lipinski definition) is 2. The van der Waals surface area contributed by atoms with Gasteiger partial charge in [-0.05, 0) is 23.5 Å². The molecule has 4 atom stereocenters. The number of β-amino-alcohol motifs (C(OH)–C–C–N with tert-alkyl or cyclic N) is 1. The third kappa shape index (κ3) is 2.41. The van der Waals surface area contributed by atoms with E-state index in [9.17, 15) is 15.0 Å². The zero-order valence-corrected chi connectivity index (χ0v) is 14.7. The summed E-state index contributed by atoms with van der Waals surface area (Å²) in [4.78, 5) is 14.5. The number of nitrogens with zero attached hydrogens (tertiary/aromatic N) is 2. The molecule has 1 amide bonds. The number of benzene rings is 1. The molecule has 1 aliphatic carbocycles. The summed E-state index contributed by atoms with van der Waals surface area (Å²) in [5.74, 6) is -0.0936. The number of hydrogen-bond acceptors (Lipinski definition) is 3. The van der Waals surface area contributed by atoms with Crippen molar-refractivity contribution in [3.63, 3.8) is 0 Å². The molecule has 5 nitrogen and oxygen atoms in total. The normalized spacial score (nSPS) is 30.9. The fraction of sp³-hybridized carbons (Fsp3) is 0.421. The first-order valence-electron chi connectivity index (χ1n) is 8.44. The van der Waals surface area contributed by atoms with Crippen LogP contribution in [0.25, 0.3) is 0 Å². The Morgan fingerprint density at radius 1 is 1.36 bits per heavy atom. The predicted molar refractivity (Wildman–Crippen MR) is 94.5 cm³/mol. The van der Waals surface area contributed by atoms with E-state index < -0.39 is 11.5 Å². The molecule has 0 bridgehead atoms. The number of carbonyl (C=O) groups excluding carboxylic acids is 1. The number of likely N-dealkylation sites (tertiary alicyclic amines) is 1. The van der Waals surface area contributed by atoms with E-state index in [1.165, 1.54) is 0 Å². The molecule has 132 valence electrons. The predicted octanol–water partition coefficient (Wildman–Crippen LogP) is 1.89. The van der Waals surface area contributed by atoms with Crippen LogP contribution in [0.4, 0.5) is 0 Å². The second-order valence-electron chi connectivity index (χ2n) is 7.15. The Kier molecular flexibility index (Phi) is 3.90. The van der Waals surface area contributed by atoms with Crippen LogP contribution in [0.2, 0.25) is 5.02 Å². The maximum atomic E-state index is 12.9. The fourth-order valence-electron chi connectivity index (χ4n) is 4.62. The molecule has 2 fully saturated rings. The van der Waals surface area contributed by atoms with Gasteiger partial charge in [0.15, 0.2) is 0 Å². The van der Waals surface area contributed by atoms with Crippen LogP contribution < -0.4 is 0 Å². The molecule has 25 heavy (non-hydrogen) atoms. The van der Waals surface area contributed by atoms with Gasteiger partial charge >= 0.3 is 0 Å². The van der Waals surface area contributed by atoms with Gasteiger partial charge in [0, 0.05) is 38.4 Å². The van der Waals surface area contributed by atoms with Gasteiger partial charge in [0.1, 0.15) is 5.69 Å². The minimum absolute atomic E-state index is 0.00857. The van der Waals surface area contributed by atoms with E-state index in [4.69, 9.17) is 11.6 Å². The topological polar surface area (TPSA) is 65.7 Å². The molecule has 1 aliphatic heterocycles. The Bertz CT molecular complexity index is 806. The third-order valence-electron chi connectivity index (χ3n) is 5.87. The van der Waals surface area contributed by atoms with Gasteiger partial charge in [-0.15, -0.1) is 0 Å². The second kappa shape index (κ2) is 5.87. The van der Waals surface area contributed by atoms with Gasteiger partial charge in [-0.2, -0.15) is 0 Å². The number of amides is 1. The summed E-state index contributed by atoms with van der Waals surface area (Å²) in [5, 5.41) is 21.1. The third-order valence-corrected chi connectivity index (χ3v) is 6.08. The van der Waals surface area contributed by atoms with Crippen LogP contribution >= 0.6 is 11.6 Å². The summed E-state index contributed by atoms with van der Waals surface area (Å²) in [6.45, 7) is 0.733. The Morgan fingerprint density at radius 3 is 2.68 bits per heavy atom. The van der Waals surface area contributed by atoms with Crippen LogP contribution in [0.1, 0.15) is 22.0 Å². The number of aliphatic hydroxyl groups excluding tert-OH is 2. The highest BCUT2D eigenvalue weighted by molar-refractivity contribution is 6.31. The van der Waals surface area contributed by atoms with Crippen LogP contribution in [0, 0.1) is 11.3 Å². The molecule has 1 aromatic heterocycles. The van der Waals surface area contributed by atoms with Crippen molar-refractivity contribution in [2.45, 2.75) is 12.0 Å². The molecule has 0 unspecified atom stereocenters. The molecule has 2 heterocycles. The van der Waals surface area contributed by atoms with Gasteiger partial charge in [-0.1, -0.05) is 41.9 Å². The summed E-state index contributed by atoms with van der Waals surface area (Å²) in [6, 6.07) is 11.6. The van der Waals surface area contributed by atoms with E-state index in [-0.39, 0.29) is 30.9 Å². The van der Waals surface area contributed by atoms with Crippen molar-refractivity contribution in [1.29, 1.82) is 0 Å². The first-order chi connectivity index (χ1) is 12.0. The highest BCUT2D eigenvalue weighted by Gasteiger charge is 2.71. The minimum atomic E-state index is -0.644. The van der Waals surface area contributed by atoms with E-state index in [2.05, 4.69) is 0 Å². The quantitative estimate of drug-likeness (QED) is 0.878. The monoisotopic (exact) mass is 360 g/mol. The van der Waals surface area contributed by atoms with Gasteiger partial charge in [-0.3, -0.25) is 4.79 Å². The van der Waals surface area contributed by atoms with Crippen molar-refractivity contribution in [1.82, 2.24) is 9.47 Å². The van der Waals surface area contributed by atoms with Crippen LogP contribution in [0.15, 0.2) is 42.6 Å². The molecule has 1 saturated carbocycles. The van der Waals surface area contributed by atoms with Gasteiger partial charge in [0.05, 0.1) is 11.1 Å². The number of aromatic nitrogens is 1. The average molecular weight is 361 g/mol. The smallest absolute Gasteiger partial charge is 0.270 e. The highest BCUT2D eigenvalue weighted by atomic mass is 35.5. The SMILES string of the molecule is Cn1cc(Cl)cc1C(=O)N1C[C@@H](O)[C@@]2(C1)[C@H](CO)[C@H]2c1ccccc1. The van der Waals surface area contributed by atoms with Crippen molar-refractivity contribution >= 4 is 17.5 Å². The molecule has 2 aromatic rings. The Hall–Kier alpha value is -1.82. The standard InChI is InChI=1S/C19H21ClN2O3/c1-21-8-13(20)7-15(21)18(25)22-9-16(24)19(11-22)14(10-23)17(19)12-5-3-2-4-6-12/h2-8,14,16-17,23-24H,9-11H2,1H3/t14-,16-,17-,19-/m1/s1. The Labute approximate surface area is 151 Å². The van der Waals surface area contributed by atoms with Crippen molar-refractivity contribution < 1.29 is 15.0 Å². The molecule has 4 rings (SSSR count). The van der Waals surface area contributed by atoms with E-state index in [0.717, 1.165) is 5.56 Å². The van der Waals surface area contributed by atoms with Crippen molar-refractivity contribution in [2.75, 3.05) is 19.7 Å². The van der Waals surface area contributed by atoms with Crippen LogP contribution in [0.5, 0.6) is 0 Å². The summed E-state index contributed by atoms with van der Waals surface area (Å²) in [7, 11) is 1.78.